The molecule has 3 aromatic heterocycles. The number of morpholine rings is 1. The number of ether oxygens (including phenoxy) is 1. The summed E-state index contributed by atoms with van der Waals surface area (Å²) in [5, 5.41) is 7.13. The van der Waals surface area contributed by atoms with Gasteiger partial charge in [-0.1, -0.05) is 0 Å². The number of nitrogens with two attached hydrogens (primary N) is 1. The van der Waals surface area contributed by atoms with Gasteiger partial charge < -0.3 is 19.9 Å². The van der Waals surface area contributed by atoms with Crippen molar-refractivity contribution in [3.8, 4) is 11.4 Å². The molecule has 0 aliphatic carbocycles. The Balaban J connectivity index is 1.20. The highest BCUT2D eigenvalue weighted by Gasteiger charge is 2.27. The molecule has 0 unspecified atom stereocenters. The predicted molar refractivity (Wildman–Crippen MR) is 168 cm³/mol. The van der Waals surface area contributed by atoms with Crippen LogP contribution in [0.1, 0.15) is 31.7 Å². The number of benzene rings is 1. The minimum atomic E-state index is 0.293. The Kier molecular flexibility index (Phi) is 7.70. The van der Waals surface area contributed by atoms with Gasteiger partial charge in [-0.3, -0.25) is 4.90 Å². The van der Waals surface area contributed by atoms with Gasteiger partial charge in [-0.15, -0.1) is 0 Å². The van der Waals surface area contributed by atoms with Crippen molar-refractivity contribution in [2.45, 2.75) is 38.3 Å². The standard InChI is InChI=1S/C32H38N9O/c33-10-1-2-12-39-15-7-25-20-26(5-6-29(25)39)30-36-31(40-16-18-42-19-17-40)28-22-35-41(32(28)37-30)27-8-13-38(14-9-27)23-24-4-3-11-34-21-24/h3-7,11,15,20,22,27H,1-2,8-10,12-14,16-19,23,33H2/q+1. The molecule has 0 radical (unpaired) electrons. The maximum absolute atomic E-state index is 5.71. The average Bonchev–Trinajstić information content (AvgIpc) is 3.66. The van der Waals surface area contributed by atoms with Crippen LogP contribution in [0.4, 0.5) is 5.82 Å². The minimum absolute atomic E-state index is 0.293. The SMILES string of the molecule is NCCCCn1ccc2cc(-c3nc(N4CCOCC4)c4cnn(C5CCN(CC6=C=[N+]=CC=C6)CC5)c4n3)ccc21. The van der Waals surface area contributed by atoms with Gasteiger partial charge in [0.1, 0.15) is 5.82 Å². The zero-order chi connectivity index (χ0) is 28.3. The zero-order valence-electron chi connectivity index (χ0n) is 24.0. The van der Waals surface area contributed by atoms with Gasteiger partial charge in [-0.25, -0.2) is 14.6 Å². The summed E-state index contributed by atoms with van der Waals surface area (Å²) in [5.74, 6) is 4.81. The Labute approximate surface area is 245 Å². The topological polar surface area (TPSA) is 104 Å². The number of allylic oxidation sites excluding steroid dienone is 1. The number of unbranched alkanes of at least 4 members (excludes halogenated alkanes) is 1. The lowest BCUT2D eigenvalue weighted by atomic mass is 10.0. The summed E-state index contributed by atoms with van der Waals surface area (Å²) in [6.07, 6.45) is 14.1. The number of anilines is 1. The third-order valence-electron chi connectivity index (χ3n) is 8.59. The second kappa shape index (κ2) is 12.1. The third kappa shape index (κ3) is 5.43. The molecule has 10 nitrogen and oxygen atoms in total. The van der Waals surface area contributed by atoms with Crippen LogP contribution in [-0.2, 0) is 11.3 Å². The minimum Gasteiger partial charge on any atom is -0.378 e. The monoisotopic (exact) mass is 564 g/mol. The third-order valence-corrected chi connectivity index (χ3v) is 8.59. The van der Waals surface area contributed by atoms with Gasteiger partial charge in [0.2, 0.25) is 0 Å². The van der Waals surface area contributed by atoms with Crippen molar-refractivity contribution in [3.63, 3.8) is 0 Å². The summed E-state index contributed by atoms with van der Waals surface area (Å²) in [5.41, 5.74) is 10.0. The second-order valence-corrected chi connectivity index (χ2v) is 11.4. The second-order valence-electron chi connectivity index (χ2n) is 11.4. The summed E-state index contributed by atoms with van der Waals surface area (Å²) in [6.45, 7) is 7.61. The molecule has 4 aromatic rings. The van der Waals surface area contributed by atoms with Crippen molar-refractivity contribution in [1.82, 2.24) is 33.9 Å². The molecule has 3 aliphatic rings. The van der Waals surface area contributed by atoms with E-state index in [9.17, 15) is 0 Å². The number of likely N-dealkylation sites (tertiary alicyclic amines) is 1. The summed E-state index contributed by atoms with van der Waals surface area (Å²) in [6, 6.07) is 9.04. The molecule has 2 fully saturated rings. The van der Waals surface area contributed by atoms with E-state index in [-0.39, 0.29) is 0 Å². The molecule has 42 heavy (non-hydrogen) atoms. The maximum atomic E-state index is 5.71. The zero-order valence-corrected chi connectivity index (χ0v) is 24.0. The first-order valence-electron chi connectivity index (χ1n) is 15.2. The van der Waals surface area contributed by atoms with Gasteiger partial charge in [-0.05, 0) is 67.2 Å². The van der Waals surface area contributed by atoms with E-state index in [4.69, 9.17) is 25.5 Å². The van der Waals surface area contributed by atoms with Gasteiger partial charge >= 0.3 is 12.1 Å². The number of fused-ring (bicyclic) bond motifs is 2. The number of nitrogens with zero attached hydrogens (tertiary/aromatic N) is 8. The van der Waals surface area contributed by atoms with E-state index in [1.165, 1.54) is 10.9 Å². The highest BCUT2D eigenvalue weighted by molar-refractivity contribution is 5.90. The molecule has 10 heteroatoms. The largest absolute Gasteiger partial charge is 0.378 e. The van der Waals surface area contributed by atoms with Gasteiger partial charge in [0.05, 0.1) is 36.4 Å². The van der Waals surface area contributed by atoms with Crippen molar-refractivity contribution in [2.75, 3.05) is 57.4 Å². The van der Waals surface area contributed by atoms with Gasteiger partial charge in [-0.2, -0.15) is 5.10 Å². The fraction of sp³-hybridized carbons (Fsp3) is 0.438. The van der Waals surface area contributed by atoms with Crippen LogP contribution in [0.25, 0.3) is 33.3 Å². The predicted octanol–water partition coefficient (Wildman–Crippen LogP) is 2.96. The van der Waals surface area contributed by atoms with Crippen LogP contribution in [0.2, 0.25) is 0 Å². The Bertz CT molecular complexity index is 1710. The normalized spacial score (nSPS) is 18.0. The summed E-state index contributed by atoms with van der Waals surface area (Å²) < 4.78 is 14.3. The Morgan fingerprint density at radius 1 is 1.05 bits per heavy atom. The van der Waals surface area contributed by atoms with E-state index in [1.54, 1.807) is 6.21 Å². The molecule has 6 heterocycles. The number of rotatable bonds is 9. The van der Waals surface area contributed by atoms with Gasteiger partial charge in [0.15, 0.2) is 11.5 Å². The highest BCUT2D eigenvalue weighted by Crippen LogP contribution is 2.33. The van der Waals surface area contributed by atoms with Crippen molar-refractivity contribution in [1.29, 1.82) is 0 Å². The molecule has 2 saturated heterocycles. The fourth-order valence-corrected chi connectivity index (χ4v) is 6.29. The average molecular weight is 565 g/mol. The first kappa shape index (κ1) is 26.8. The van der Waals surface area contributed by atoms with Crippen LogP contribution in [0, 0.1) is 0 Å². The van der Waals surface area contributed by atoms with E-state index < -0.39 is 0 Å². The molecule has 3 aliphatic heterocycles. The molecule has 0 saturated carbocycles. The summed E-state index contributed by atoms with van der Waals surface area (Å²) >= 11 is 0. The van der Waals surface area contributed by atoms with Crippen molar-refractivity contribution < 1.29 is 4.74 Å². The molecule has 216 valence electrons. The van der Waals surface area contributed by atoms with E-state index in [2.05, 4.69) is 66.1 Å². The molecule has 1 aromatic carbocycles. The molecule has 0 atom stereocenters. The lowest BCUT2D eigenvalue weighted by Crippen LogP contribution is -2.37. The van der Waals surface area contributed by atoms with Crippen LogP contribution < -0.4 is 15.3 Å². The van der Waals surface area contributed by atoms with Crippen LogP contribution >= 0.6 is 0 Å². The van der Waals surface area contributed by atoms with Crippen molar-refractivity contribution in [3.05, 3.63) is 54.4 Å². The lowest BCUT2D eigenvalue weighted by Gasteiger charge is -2.32. The van der Waals surface area contributed by atoms with Crippen LogP contribution in [0.3, 0.4) is 0 Å². The van der Waals surface area contributed by atoms with Gasteiger partial charge in [0.25, 0.3) is 0 Å². The molecule has 7 rings (SSSR count). The first-order chi connectivity index (χ1) is 20.8. The smallest absolute Gasteiger partial charge is 0.316 e. The number of piperidine rings is 1. The van der Waals surface area contributed by atoms with Crippen molar-refractivity contribution in [2.24, 2.45) is 5.73 Å². The first-order valence-corrected chi connectivity index (χ1v) is 15.2. The highest BCUT2D eigenvalue weighted by atomic mass is 16.5. The van der Waals surface area contributed by atoms with E-state index in [1.807, 2.05) is 12.3 Å². The fourth-order valence-electron chi connectivity index (χ4n) is 6.29. The maximum Gasteiger partial charge on any atom is 0.316 e. The summed E-state index contributed by atoms with van der Waals surface area (Å²) in [4.78, 5) is 15.1. The number of aromatic nitrogens is 5. The Morgan fingerprint density at radius 2 is 1.93 bits per heavy atom. The molecule has 2 N–H and O–H groups in total. The molecule has 0 amide bonds. The quantitative estimate of drug-likeness (QED) is 0.246. The molecule has 0 spiro atoms. The van der Waals surface area contributed by atoms with Crippen LogP contribution in [0.5, 0.6) is 0 Å². The number of hydrogen-bond donors (Lipinski definition) is 1. The lowest BCUT2D eigenvalue weighted by molar-refractivity contribution is 0.122. The van der Waals surface area contributed by atoms with Crippen LogP contribution in [0.15, 0.2) is 54.4 Å². The van der Waals surface area contributed by atoms with Crippen LogP contribution in [-0.4, -0.2) is 93.8 Å². The van der Waals surface area contributed by atoms with E-state index in [0.717, 1.165) is 105 Å². The molecular formula is C32H38N9O+. The molecule has 0 bridgehead atoms. The van der Waals surface area contributed by atoms with Crippen molar-refractivity contribution >= 4 is 39.8 Å². The van der Waals surface area contributed by atoms with E-state index >= 15 is 0 Å². The number of hydrogen-bond acceptors (Lipinski definition) is 7. The molecular weight excluding hydrogens is 526 g/mol. The number of aryl methyl sites for hydroxylation is 1. The van der Waals surface area contributed by atoms with E-state index in [0.29, 0.717) is 19.3 Å². The van der Waals surface area contributed by atoms with Gasteiger partial charge in [0, 0.05) is 68.0 Å². The Morgan fingerprint density at radius 3 is 2.74 bits per heavy atom. The Hall–Kier alpha value is -4.04. The summed E-state index contributed by atoms with van der Waals surface area (Å²) in [7, 11) is 0.